The molecule has 4 rings (SSSR count). The van der Waals surface area contributed by atoms with Gasteiger partial charge in [-0.3, -0.25) is 14.3 Å². The molecule has 7 heteroatoms. The van der Waals surface area contributed by atoms with E-state index in [2.05, 4.69) is 10.3 Å². The second kappa shape index (κ2) is 6.27. The summed E-state index contributed by atoms with van der Waals surface area (Å²) in [5, 5.41) is 2.77. The number of hydrogen-bond acceptors (Lipinski definition) is 4. The molecule has 26 heavy (non-hydrogen) atoms. The maximum atomic E-state index is 12.9. The Morgan fingerprint density at radius 1 is 1.15 bits per heavy atom. The monoisotopic (exact) mass is 364 g/mol. The molecule has 0 aliphatic carbocycles. The normalized spacial score (nSPS) is 11.0. The molecule has 0 saturated heterocycles. The van der Waals surface area contributed by atoms with Crippen LogP contribution in [0.3, 0.4) is 0 Å². The Bertz CT molecular complexity index is 1170. The highest BCUT2D eigenvalue weighted by Gasteiger charge is 2.19. The highest BCUT2D eigenvalue weighted by molar-refractivity contribution is 7.16. The minimum atomic E-state index is -0.314. The third-order valence-electron chi connectivity index (χ3n) is 4.39. The summed E-state index contributed by atoms with van der Waals surface area (Å²) in [6, 6.07) is 14.6. The van der Waals surface area contributed by atoms with Crippen molar-refractivity contribution >= 4 is 33.1 Å². The van der Waals surface area contributed by atoms with E-state index in [0.29, 0.717) is 11.3 Å². The van der Waals surface area contributed by atoms with Crippen LogP contribution in [0.1, 0.15) is 16.1 Å². The lowest BCUT2D eigenvalue weighted by atomic mass is 10.2. The average molecular weight is 364 g/mol. The van der Waals surface area contributed by atoms with E-state index in [9.17, 15) is 9.59 Å². The van der Waals surface area contributed by atoms with Gasteiger partial charge in [-0.15, -0.1) is 11.3 Å². The van der Waals surface area contributed by atoms with E-state index in [1.807, 2.05) is 37.3 Å². The second-order valence-corrected chi connectivity index (χ2v) is 6.81. The quantitative estimate of drug-likeness (QED) is 0.606. The van der Waals surface area contributed by atoms with Crippen LogP contribution in [-0.4, -0.2) is 20.3 Å². The zero-order valence-corrected chi connectivity index (χ0v) is 15.1. The molecule has 4 aromatic rings. The van der Waals surface area contributed by atoms with Crippen LogP contribution in [0.4, 0.5) is 5.69 Å². The molecule has 0 fully saturated rings. The van der Waals surface area contributed by atoms with Gasteiger partial charge in [-0.1, -0.05) is 18.2 Å². The minimum Gasteiger partial charge on any atom is -0.316 e. The first kappa shape index (κ1) is 16.3. The Hall–Kier alpha value is -3.19. The summed E-state index contributed by atoms with van der Waals surface area (Å²) in [5.74, 6) is -0.314. The smallest absolute Gasteiger partial charge is 0.295 e. The Labute approximate surface area is 153 Å². The van der Waals surface area contributed by atoms with Crippen molar-refractivity contribution in [2.24, 2.45) is 7.05 Å². The third-order valence-corrected chi connectivity index (χ3v) is 5.18. The van der Waals surface area contributed by atoms with E-state index in [1.165, 1.54) is 16.0 Å². The SMILES string of the molecule is Cc1c(NC(=O)c2ccc3ncsc3c2)c(=O)n(-c2ccccc2)n1C. The van der Waals surface area contributed by atoms with E-state index in [1.54, 1.807) is 35.4 Å². The number of benzene rings is 2. The summed E-state index contributed by atoms with van der Waals surface area (Å²) in [4.78, 5) is 29.7. The molecule has 0 unspecified atom stereocenters. The lowest BCUT2D eigenvalue weighted by molar-refractivity contribution is 0.102. The van der Waals surface area contributed by atoms with Gasteiger partial charge in [0.05, 0.1) is 27.1 Å². The summed E-state index contributed by atoms with van der Waals surface area (Å²) in [6.07, 6.45) is 0. The summed E-state index contributed by atoms with van der Waals surface area (Å²) >= 11 is 1.47. The van der Waals surface area contributed by atoms with Crippen LogP contribution >= 0.6 is 11.3 Å². The Morgan fingerprint density at radius 3 is 2.69 bits per heavy atom. The highest BCUT2D eigenvalue weighted by Crippen LogP contribution is 2.20. The van der Waals surface area contributed by atoms with Crippen LogP contribution in [0.15, 0.2) is 58.8 Å². The molecule has 130 valence electrons. The second-order valence-electron chi connectivity index (χ2n) is 5.93. The summed E-state index contributed by atoms with van der Waals surface area (Å²) in [5.41, 5.74) is 4.55. The predicted octanol–water partition coefficient (Wildman–Crippen LogP) is 3.35. The van der Waals surface area contributed by atoms with Gasteiger partial charge in [0.15, 0.2) is 0 Å². The molecule has 0 radical (unpaired) electrons. The van der Waals surface area contributed by atoms with E-state index >= 15 is 0 Å². The fraction of sp³-hybridized carbons (Fsp3) is 0.105. The number of amides is 1. The largest absolute Gasteiger partial charge is 0.316 e. The molecule has 1 N–H and O–H groups in total. The average Bonchev–Trinajstić information content (AvgIpc) is 3.20. The molecule has 0 bridgehead atoms. The molecule has 1 amide bonds. The Kier molecular flexibility index (Phi) is 3.93. The number of nitrogens with zero attached hydrogens (tertiary/aromatic N) is 3. The molecule has 0 saturated carbocycles. The van der Waals surface area contributed by atoms with Gasteiger partial charge in [-0.25, -0.2) is 9.67 Å². The zero-order valence-electron chi connectivity index (χ0n) is 14.3. The number of carbonyl (C=O) groups is 1. The van der Waals surface area contributed by atoms with Crippen molar-refractivity contribution in [3.63, 3.8) is 0 Å². The first-order chi connectivity index (χ1) is 12.6. The number of anilines is 1. The summed E-state index contributed by atoms with van der Waals surface area (Å²) < 4.78 is 4.21. The molecule has 0 spiro atoms. The lowest BCUT2D eigenvalue weighted by Crippen LogP contribution is -2.22. The van der Waals surface area contributed by atoms with Crippen LogP contribution < -0.4 is 10.9 Å². The van der Waals surface area contributed by atoms with Crippen molar-refractivity contribution in [2.45, 2.75) is 6.92 Å². The molecule has 0 atom stereocenters. The number of aromatic nitrogens is 3. The zero-order chi connectivity index (χ0) is 18.3. The fourth-order valence-corrected chi connectivity index (χ4v) is 3.61. The fourth-order valence-electron chi connectivity index (χ4n) is 2.89. The van der Waals surface area contributed by atoms with E-state index < -0.39 is 0 Å². The van der Waals surface area contributed by atoms with Gasteiger partial charge < -0.3 is 5.32 Å². The molecular weight excluding hydrogens is 348 g/mol. The van der Waals surface area contributed by atoms with Crippen LogP contribution in [0.25, 0.3) is 15.9 Å². The minimum absolute atomic E-state index is 0.261. The highest BCUT2D eigenvalue weighted by atomic mass is 32.1. The molecule has 6 nitrogen and oxygen atoms in total. The van der Waals surface area contributed by atoms with Crippen LogP contribution in [0.2, 0.25) is 0 Å². The van der Waals surface area contributed by atoms with Crippen molar-refractivity contribution in [1.82, 2.24) is 14.3 Å². The topological polar surface area (TPSA) is 68.9 Å². The number of para-hydroxylation sites is 1. The van der Waals surface area contributed by atoms with Gasteiger partial charge in [0.1, 0.15) is 5.69 Å². The number of nitrogens with one attached hydrogen (secondary N) is 1. The molecular formula is C19H16N4O2S. The van der Waals surface area contributed by atoms with E-state index in [4.69, 9.17) is 0 Å². The van der Waals surface area contributed by atoms with Crippen LogP contribution in [0, 0.1) is 6.92 Å². The van der Waals surface area contributed by atoms with Gasteiger partial charge in [0, 0.05) is 12.6 Å². The van der Waals surface area contributed by atoms with Crippen molar-refractivity contribution < 1.29 is 4.79 Å². The molecule has 2 aromatic heterocycles. The lowest BCUT2D eigenvalue weighted by Gasteiger charge is -2.07. The number of thiazole rings is 1. The first-order valence-corrected chi connectivity index (χ1v) is 8.93. The van der Waals surface area contributed by atoms with Crippen molar-refractivity contribution in [3.05, 3.63) is 75.7 Å². The third kappa shape index (κ3) is 2.62. The number of hydrogen-bond donors (Lipinski definition) is 1. The number of carbonyl (C=O) groups excluding carboxylic acids is 1. The van der Waals surface area contributed by atoms with Crippen molar-refractivity contribution in [3.8, 4) is 5.69 Å². The predicted molar refractivity (Wildman–Crippen MR) is 103 cm³/mol. The number of fused-ring (bicyclic) bond motifs is 1. The maximum Gasteiger partial charge on any atom is 0.295 e. The molecule has 2 aromatic carbocycles. The molecule has 0 aliphatic heterocycles. The first-order valence-electron chi connectivity index (χ1n) is 8.05. The maximum absolute atomic E-state index is 12.9. The Morgan fingerprint density at radius 2 is 1.92 bits per heavy atom. The van der Waals surface area contributed by atoms with Gasteiger partial charge >= 0.3 is 0 Å². The van der Waals surface area contributed by atoms with Crippen LogP contribution in [0.5, 0.6) is 0 Å². The summed E-state index contributed by atoms with van der Waals surface area (Å²) in [6.45, 7) is 1.81. The van der Waals surface area contributed by atoms with Crippen molar-refractivity contribution in [2.75, 3.05) is 5.32 Å². The Balaban J connectivity index is 1.72. The van der Waals surface area contributed by atoms with Crippen LogP contribution in [-0.2, 0) is 7.05 Å². The van der Waals surface area contributed by atoms with Crippen molar-refractivity contribution in [1.29, 1.82) is 0 Å². The molecule has 0 aliphatic rings. The van der Waals surface area contributed by atoms with E-state index in [-0.39, 0.29) is 17.2 Å². The van der Waals surface area contributed by atoms with Gasteiger partial charge in [0.2, 0.25) is 0 Å². The molecule has 2 heterocycles. The summed E-state index contributed by atoms with van der Waals surface area (Å²) in [7, 11) is 1.79. The van der Waals surface area contributed by atoms with Gasteiger partial charge in [0.25, 0.3) is 11.5 Å². The standard InChI is InChI=1S/C19H16N4O2S/c1-12-17(19(25)23(22(12)2)14-6-4-3-5-7-14)21-18(24)13-8-9-15-16(10-13)26-11-20-15/h3-11H,1-2H3,(H,21,24). The van der Waals surface area contributed by atoms with E-state index in [0.717, 1.165) is 15.9 Å². The van der Waals surface area contributed by atoms with Gasteiger partial charge in [-0.2, -0.15) is 0 Å². The number of rotatable bonds is 3. The van der Waals surface area contributed by atoms with Gasteiger partial charge in [-0.05, 0) is 37.3 Å².